The van der Waals surface area contributed by atoms with Gasteiger partial charge in [0.2, 0.25) is 17.6 Å². The number of carbonyl (C=O) groups is 4. The highest BCUT2D eigenvalue weighted by molar-refractivity contribution is 9.10. The van der Waals surface area contributed by atoms with Crippen LogP contribution in [-0.2, 0) is 14.3 Å². The van der Waals surface area contributed by atoms with Gasteiger partial charge in [-0.1, -0.05) is 35.9 Å². The highest BCUT2D eigenvalue weighted by atomic mass is 79.9. The van der Waals surface area contributed by atoms with E-state index in [9.17, 15) is 29.3 Å². The summed E-state index contributed by atoms with van der Waals surface area (Å²) in [5.74, 6) is -1.53. The number of Topliss-reactive ketones (excluding diaryl/α,β-unsaturated/α-hetero) is 1. The first-order valence-corrected chi connectivity index (χ1v) is 15.9. The quantitative estimate of drug-likeness (QED) is 0.0654. The fraction of sp³-hybridized carbons (Fsp3) is 0.265. The largest absolute Gasteiger partial charge is 0.454 e. The number of ketones is 1. The van der Waals surface area contributed by atoms with Crippen LogP contribution in [0.2, 0.25) is 5.02 Å². The molecule has 10 nitrogen and oxygen atoms in total. The molecular weight excluding hydrogens is 678 g/mol. The van der Waals surface area contributed by atoms with Crippen molar-refractivity contribution in [1.82, 2.24) is 4.98 Å². The Bertz CT molecular complexity index is 1990. The number of nitrogens with zero attached hydrogens (tertiary/aromatic N) is 3. The van der Waals surface area contributed by atoms with E-state index >= 15 is 0 Å². The molecule has 0 spiro atoms. The van der Waals surface area contributed by atoms with E-state index in [4.69, 9.17) is 21.3 Å². The summed E-state index contributed by atoms with van der Waals surface area (Å²) in [6, 6.07) is 15.3. The number of rotatable bonds is 7. The number of nitro benzene ring substituents is 1. The Labute approximate surface area is 276 Å². The first-order valence-electron chi connectivity index (χ1n) is 14.8. The molecule has 1 aromatic heterocycles. The minimum absolute atomic E-state index is 0.0407. The van der Waals surface area contributed by atoms with Gasteiger partial charge in [-0.2, -0.15) is 0 Å². The van der Waals surface area contributed by atoms with E-state index in [1.165, 1.54) is 23.1 Å². The molecule has 0 radical (unpaired) electrons. The number of hydrogen-bond acceptors (Lipinski definition) is 8. The van der Waals surface area contributed by atoms with Crippen LogP contribution in [0, 0.1) is 40.7 Å². The fourth-order valence-corrected chi connectivity index (χ4v) is 7.98. The lowest BCUT2D eigenvalue weighted by atomic mass is 9.81. The topological polar surface area (TPSA) is 137 Å². The monoisotopic (exact) mass is 701 g/mol. The van der Waals surface area contributed by atoms with E-state index in [-0.39, 0.29) is 52.3 Å². The number of aryl methyl sites for hydroxylation is 1. The number of benzene rings is 3. The Morgan fingerprint density at radius 3 is 2.37 bits per heavy atom. The minimum atomic E-state index is -0.799. The molecule has 4 atom stereocenters. The number of carbonyl (C=O) groups excluding carboxylic acids is 4. The Morgan fingerprint density at radius 1 is 1.04 bits per heavy atom. The molecule has 3 aromatic carbocycles. The second kappa shape index (κ2) is 11.4. The van der Waals surface area contributed by atoms with Crippen LogP contribution < -0.4 is 4.90 Å². The SMILES string of the molecule is Cc1c(Cl)c(Br)cc2c(C(=O)OCC(=O)c3cccc([N+](=O)[O-])c3)cc(-c3ccc(N4C(=O)C5C6CCC(C6)C5C4=O)cc3)nc12. The van der Waals surface area contributed by atoms with Gasteiger partial charge in [0.15, 0.2) is 6.61 Å². The number of imide groups is 1. The summed E-state index contributed by atoms with van der Waals surface area (Å²) < 4.78 is 5.95. The maximum absolute atomic E-state index is 13.5. The number of fused-ring (bicyclic) bond motifs is 6. The second-order valence-corrected chi connectivity index (χ2v) is 13.2. The highest BCUT2D eigenvalue weighted by Gasteiger charge is 2.61. The molecule has 7 rings (SSSR count). The van der Waals surface area contributed by atoms with E-state index in [2.05, 4.69) is 15.9 Å². The van der Waals surface area contributed by atoms with Gasteiger partial charge in [0, 0.05) is 33.1 Å². The first-order chi connectivity index (χ1) is 22.0. The molecule has 2 saturated carbocycles. The van der Waals surface area contributed by atoms with Crippen molar-refractivity contribution in [3.8, 4) is 11.3 Å². The number of aromatic nitrogens is 1. The molecule has 46 heavy (non-hydrogen) atoms. The van der Waals surface area contributed by atoms with Gasteiger partial charge in [-0.15, -0.1) is 0 Å². The van der Waals surface area contributed by atoms with E-state index in [0.29, 0.717) is 42.9 Å². The molecule has 2 aliphatic carbocycles. The van der Waals surface area contributed by atoms with E-state index < -0.39 is 23.3 Å². The summed E-state index contributed by atoms with van der Waals surface area (Å²) in [6.45, 7) is 1.13. The zero-order chi connectivity index (χ0) is 32.4. The third-order valence-corrected chi connectivity index (χ3v) is 10.8. The molecular formula is C34H25BrClN3O7. The van der Waals surface area contributed by atoms with Crippen molar-refractivity contribution in [1.29, 1.82) is 0 Å². The molecule has 2 amide bonds. The Balaban J connectivity index is 1.19. The molecule has 3 fully saturated rings. The minimum Gasteiger partial charge on any atom is -0.454 e. The summed E-state index contributed by atoms with van der Waals surface area (Å²) in [4.78, 5) is 69.5. The third-order valence-electron chi connectivity index (χ3n) is 9.51. The van der Waals surface area contributed by atoms with Crippen molar-refractivity contribution in [2.75, 3.05) is 11.5 Å². The number of halogens is 2. The first kappa shape index (κ1) is 30.2. The lowest BCUT2D eigenvalue weighted by Gasteiger charge is -2.19. The molecule has 3 aliphatic rings. The normalized spacial score (nSPS) is 21.6. The van der Waals surface area contributed by atoms with Crippen molar-refractivity contribution >= 4 is 73.4 Å². The molecule has 1 aliphatic heterocycles. The second-order valence-electron chi connectivity index (χ2n) is 12.0. The molecule has 12 heteroatoms. The average molecular weight is 703 g/mol. The summed E-state index contributed by atoms with van der Waals surface area (Å²) in [5.41, 5.74) is 2.50. The summed E-state index contributed by atoms with van der Waals surface area (Å²) in [6.07, 6.45) is 2.96. The van der Waals surface area contributed by atoms with Gasteiger partial charge in [0.25, 0.3) is 5.69 Å². The zero-order valence-electron chi connectivity index (χ0n) is 24.4. The van der Waals surface area contributed by atoms with Gasteiger partial charge in [-0.25, -0.2) is 9.78 Å². The fourth-order valence-electron chi connectivity index (χ4n) is 7.31. The van der Waals surface area contributed by atoms with E-state index in [1.54, 1.807) is 43.3 Å². The molecule has 1 saturated heterocycles. The lowest BCUT2D eigenvalue weighted by Crippen LogP contribution is -2.32. The number of non-ortho nitro benzene ring substituents is 1. The molecule has 4 aromatic rings. The predicted octanol–water partition coefficient (Wildman–Crippen LogP) is 7.11. The molecule has 2 bridgehead atoms. The van der Waals surface area contributed by atoms with Crippen LogP contribution in [0.3, 0.4) is 0 Å². The van der Waals surface area contributed by atoms with E-state index in [0.717, 1.165) is 25.3 Å². The van der Waals surface area contributed by atoms with E-state index in [1.807, 2.05) is 0 Å². The van der Waals surface area contributed by atoms with Gasteiger partial charge >= 0.3 is 5.97 Å². The zero-order valence-corrected chi connectivity index (χ0v) is 26.7. The van der Waals surface area contributed by atoms with Crippen molar-refractivity contribution < 1.29 is 28.8 Å². The van der Waals surface area contributed by atoms with Crippen LogP contribution in [0.1, 0.15) is 45.5 Å². The number of anilines is 1. The highest BCUT2D eigenvalue weighted by Crippen LogP contribution is 2.56. The number of esters is 1. The van der Waals surface area contributed by atoms with Crippen LogP contribution in [0.4, 0.5) is 11.4 Å². The molecule has 232 valence electrons. The summed E-state index contributed by atoms with van der Waals surface area (Å²) in [5, 5.41) is 12.0. The number of ether oxygens (including phenoxy) is 1. The standard InChI is InChI=1S/C34H25BrClN3O7/c1-16-30(36)25(35)13-23-24(34(43)46-15-27(40)18-3-2-4-22(12-18)39(44)45)14-26(37-31(16)23)17-7-9-21(10-8-17)38-32(41)28-19-5-6-20(11-19)29(28)33(38)42/h2-4,7-10,12-14,19-20,28-29H,5-6,11,15H2,1H3. The maximum Gasteiger partial charge on any atom is 0.339 e. The third kappa shape index (κ3) is 4.89. The maximum atomic E-state index is 13.5. The smallest absolute Gasteiger partial charge is 0.339 e. The van der Waals surface area contributed by atoms with Crippen molar-refractivity contribution in [2.24, 2.45) is 23.7 Å². The van der Waals surface area contributed by atoms with Crippen LogP contribution in [0.5, 0.6) is 0 Å². The Morgan fingerprint density at radius 2 is 1.72 bits per heavy atom. The Hall–Kier alpha value is -4.48. The van der Waals surface area contributed by atoms with Gasteiger partial charge in [-0.3, -0.25) is 29.4 Å². The number of amides is 2. The molecule has 4 unspecified atom stereocenters. The summed E-state index contributed by atoms with van der Waals surface area (Å²) >= 11 is 9.94. The number of hydrogen-bond donors (Lipinski definition) is 0. The molecule has 2 heterocycles. The van der Waals surface area contributed by atoms with Crippen LogP contribution in [0.25, 0.3) is 22.2 Å². The van der Waals surface area contributed by atoms with Crippen LogP contribution in [0.15, 0.2) is 65.1 Å². The number of pyridine rings is 1. The van der Waals surface area contributed by atoms with Gasteiger partial charge in [0.1, 0.15) is 0 Å². The van der Waals surface area contributed by atoms with Crippen molar-refractivity contribution in [3.05, 3.63) is 97.0 Å². The van der Waals surface area contributed by atoms with Gasteiger partial charge < -0.3 is 4.74 Å². The van der Waals surface area contributed by atoms with Crippen LogP contribution >= 0.6 is 27.5 Å². The number of nitro groups is 1. The van der Waals surface area contributed by atoms with Crippen molar-refractivity contribution in [2.45, 2.75) is 26.2 Å². The van der Waals surface area contributed by atoms with Gasteiger partial charge in [-0.05, 0) is 83.8 Å². The van der Waals surface area contributed by atoms with Crippen molar-refractivity contribution in [3.63, 3.8) is 0 Å². The van der Waals surface area contributed by atoms with Gasteiger partial charge in [0.05, 0.1) is 44.2 Å². The van der Waals surface area contributed by atoms with Crippen LogP contribution in [-0.4, -0.2) is 40.1 Å². The summed E-state index contributed by atoms with van der Waals surface area (Å²) in [7, 11) is 0. The predicted molar refractivity (Wildman–Crippen MR) is 173 cm³/mol. The average Bonchev–Trinajstić information content (AvgIpc) is 3.75. The molecule has 0 N–H and O–H groups in total. The lowest BCUT2D eigenvalue weighted by molar-refractivity contribution is -0.384. The Kier molecular flexibility index (Phi) is 7.48.